The summed E-state index contributed by atoms with van der Waals surface area (Å²) in [5.41, 5.74) is 6.23. The van der Waals surface area contributed by atoms with Gasteiger partial charge in [-0.25, -0.2) is 9.78 Å². The molecule has 0 spiro atoms. The van der Waals surface area contributed by atoms with E-state index in [-0.39, 0.29) is 0 Å². The fourth-order valence-electron chi connectivity index (χ4n) is 3.94. The molecular weight excluding hydrogens is 368 g/mol. The van der Waals surface area contributed by atoms with Crippen molar-refractivity contribution in [3.8, 4) is 11.1 Å². The minimum atomic E-state index is -0.421. The minimum absolute atomic E-state index is 0.299. The number of benzene rings is 1. The summed E-state index contributed by atoms with van der Waals surface area (Å²) in [5.74, 6) is 0.415. The summed E-state index contributed by atoms with van der Waals surface area (Å²) in [7, 11) is 0. The maximum absolute atomic E-state index is 12.6. The van der Waals surface area contributed by atoms with E-state index in [2.05, 4.69) is 30.9 Å². The maximum Gasteiger partial charge on any atom is 0.357 e. The molecule has 1 saturated heterocycles. The first-order valence-corrected chi connectivity index (χ1v) is 9.98. The molecule has 1 aromatic carbocycles. The van der Waals surface area contributed by atoms with Crippen LogP contribution in [0.25, 0.3) is 16.8 Å². The van der Waals surface area contributed by atoms with Crippen LogP contribution in [-0.4, -0.2) is 53.5 Å². The average Bonchev–Trinajstić information content (AvgIpc) is 3.04. The molecule has 3 heterocycles. The first-order valence-electron chi connectivity index (χ1n) is 9.98. The van der Waals surface area contributed by atoms with Crippen molar-refractivity contribution in [2.75, 3.05) is 37.8 Å². The summed E-state index contributed by atoms with van der Waals surface area (Å²) in [5, 5.41) is 4.81. The Bertz CT molecular complexity index is 1050. The lowest BCUT2D eigenvalue weighted by molar-refractivity contribution is 0.0519. The minimum Gasteiger partial charge on any atom is -0.461 e. The fourth-order valence-corrected chi connectivity index (χ4v) is 3.94. The quantitative estimate of drug-likeness (QED) is 0.632. The smallest absolute Gasteiger partial charge is 0.357 e. The van der Waals surface area contributed by atoms with Gasteiger partial charge < -0.3 is 14.4 Å². The number of fused-ring (bicyclic) bond motifs is 1. The highest BCUT2D eigenvalue weighted by Crippen LogP contribution is 2.34. The number of carbonyl (C=O) groups excluding carboxylic acids is 1. The molecule has 152 valence electrons. The monoisotopic (exact) mass is 394 g/mol. The molecule has 1 fully saturated rings. The standard InChI is InChI=1S/C22H26N4O3/c1-5-29-22(27)17-13-18(25-9-11-28-12-10-25)26-21(23-17)20(16(4)24-26)19-14(2)7-6-8-15(19)3/h6-8,13H,5,9-12H2,1-4H3. The van der Waals surface area contributed by atoms with Gasteiger partial charge in [0, 0.05) is 19.2 Å². The van der Waals surface area contributed by atoms with Crippen molar-refractivity contribution in [1.29, 1.82) is 0 Å². The molecule has 2 aromatic heterocycles. The topological polar surface area (TPSA) is 69.0 Å². The highest BCUT2D eigenvalue weighted by atomic mass is 16.5. The molecule has 1 aliphatic heterocycles. The van der Waals surface area contributed by atoms with Gasteiger partial charge in [-0.1, -0.05) is 18.2 Å². The number of esters is 1. The van der Waals surface area contributed by atoms with Crippen molar-refractivity contribution >= 4 is 17.4 Å². The van der Waals surface area contributed by atoms with E-state index in [0.717, 1.165) is 46.9 Å². The zero-order chi connectivity index (χ0) is 20.5. The number of hydrogen-bond donors (Lipinski definition) is 0. The van der Waals surface area contributed by atoms with Gasteiger partial charge in [-0.3, -0.25) is 0 Å². The zero-order valence-corrected chi connectivity index (χ0v) is 17.4. The van der Waals surface area contributed by atoms with E-state index in [1.165, 1.54) is 0 Å². The Kier molecular flexibility index (Phi) is 5.24. The van der Waals surface area contributed by atoms with E-state index in [1.54, 1.807) is 13.0 Å². The SMILES string of the molecule is CCOC(=O)c1cc(N2CCOCC2)n2nc(C)c(-c3c(C)cccc3C)c2n1. The lowest BCUT2D eigenvalue weighted by Gasteiger charge is -2.29. The average molecular weight is 394 g/mol. The molecule has 1 aliphatic rings. The predicted molar refractivity (Wildman–Crippen MR) is 112 cm³/mol. The second kappa shape index (κ2) is 7.83. The van der Waals surface area contributed by atoms with E-state index in [0.29, 0.717) is 31.2 Å². The first kappa shape index (κ1) is 19.4. The maximum atomic E-state index is 12.6. The highest BCUT2D eigenvalue weighted by Gasteiger charge is 2.24. The van der Waals surface area contributed by atoms with Crippen LogP contribution in [0, 0.1) is 20.8 Å². The molecule has 29 heavy (non-hydrogen) atoms. The van der Waals surface area contributed by atoms with E-state index in [4.69, 9.17) is 19.6 Å². The molecular formula is C22H26N4O3. The van der Waals surface area contributed by atoms with Crippen LogP contribution >= 0.6 is 0 Å². The summed E-state index contributed by atoms with van der Waals surface area (Å²) in [6.45, 7) is 11.0. The number of ether oxygens (including phenoxy) is 2. The Morgan fingerprint density at radius 3 is 2.48 bits per heavy atom. The summed E-state index contributed by atoms with van der Waals surface area (Å²) in [4.78, 5) is 19.4. The Balaban J connectivity index is 1.99. The molecule has 3 aromatic rings. The van der Waals surface area contributed by atoms with Crippen LogP contribution < -0.4 is 4.90 Å². The summed E-state index contributed by atoms with van der Waals surface area (Å²) in [6.07, 6.45) is 0. The molecule has 0 amide bonds. The Morgan fingerprint density at radius 1 is 1.14 bits per heavy atom. The number of anilines is 1. The predicted octanol–water partition coefficient (Wildman–Crippen LogP) is 3.33. The molecule has 0 unspecified atom stereocenters. The summed E-state index contributed by atoms with van der Waals surface area (Å²) >= 11 is 0. The van der Waals surface area contributed by atoms with Gasteiger partial charge in [0.05, 0.1) is 31.1 Å². The van der Waals surface area contributed by atoms with Crippen LogP contribution in [0.2, 0.25) is 0 Å². The Hall–Kier alpha value is -2.93. The fraction of sp³-hybridized carbons (Fsp3) is 0.409. The summed E-state index contributed by atoms with van der Waals surface area (Å²) in [6, 6.07) is 8.00. The molecule has 0 atom stereocenters. The van der Waals surface area contributed by atoms with Gasteiger partial charge in [0.1, 0.15) is 5.82 Å². The van der Waals surface area contributed by atoms with Gasteiger partial charge in [-0.05, 0) is 44.4 Å². The molecule has 0 radical (unpaired) electrons. The second-order valence-corrected chi connectivity index (χ2v) is 7.28. The van der Waals surface area contributed by atoms with Crippen LogP contribution in [0.1, 0.15) is 34.2 Å². The number of hydrogen-bond acceptors (Lipinski definition) is 6. The van der Waals surface area contributed by atoms with E-state index >= 15 is 0 Å². The molecule has 7 nitrogen and oxygen atoms in total. The normalized spacial score (nSPS) is 14.4. The zero-order valence-electron chi connectivity index (χ0n) is 17.4. The van der Waals surface area contributed by atoms with Crippen molar-refractivity contribution in [1.82, 2.24) is 14.6 Å². The van der Waals surface area contributed by atoms with Gasteiger partial charge in [0.2, 0.25) is 0 Å². The number of aromatic nitrogens is 3. The van der Waals surface area contributed by atoms with Gasteiger partial charge in [0.25, 0.3) is 0 Å². The van der Waals surface area contributed by atoms with E-state index in [9.17, 15) is 4.79 Å². The molecule has 0 N–H and O–H groups in total. The number of carbonyl (C=O) groups is 1. The number of morpholine rings is 1. The molecule has 0 bridgehead atoms. The second-order valence-electron chi connectivity index (χ2n) is 7.28. The lowest BCUT2D eigenvalue weighted by Crippen LogP contribution is -2.37. The van der Waals surface area contributed by atoms with Gasteiger partial charge in [-0.2, -0.15) is 9.61 Å². The van der Waals surface area contributed by atoms with Crippen molar-refractivity contribution in [3.05, 3.63) is 46.8 Å². The van der Waals surface area contributed by atoms with Crippen molar-refractivity contribution in [3.63, 3.8) is 0 Å². The summed E-state index contributed by atoms with van der Waals surface area (Å²) < 4.78 is 12.6. The van der Waals surface area contributed by atoms with Crippen molar-refractivity contribution in [2.45, 2.75) is 27.7 Å². The first-order chi connectivity index (χ1) is 14.0. The number of nitrogens with zero attached hydrogens (tertiary/aromatic N) is 4. The third kappa shape index (κ3) is 3.46. The third-order valence-electron chi connectivity index (χ3n) is 5.30. The molecule has 0 aliphatic carbocycles. The Morgan fingerprint density at radius 2 is 1.83 bits per heavy atom. The van der Waals surface area contributed by atoms with Crippen LogP contribution in [0.15, 0.2) is 24.3 Å². The van der Waals surface area contributed by atoms with E-state index < -0.39 is 5.97 Å². The van der Waals surface area contributed by atoms with Crippen molar-refractivity contribution in [2.24, 2.45) is 0 Å². The highest BCUT2D eigenvalue weighted by molar-refractivity contribution is 5.91. The van der Waals surface area contributed by atoms with Crippen molar-refractivity contribution < 1.29 is 14.3 Å². The molecule has 4 rings (SSSR count). The Labute approximate surface area is 170 Å². The van der Waals surface area contributed by atoms with Gasteiger partial charge in [0.15, 0.2) is 11.3 Å². The van der Waals surface area contributed by atoms with E-state index in [1.807, 2.05) is 17.5 Å². The lowest BCUT2D eigenvalue weighted by atomic mass is 9.96. The van der Waals surface area contributed by atoms with Gasteiger partial charge in [-0.15, -0.1) is 0 Å². The van der Waals surface area contributed by atoms with Crippen LogP contribution in [-0.2, 0) is 9.47 Å². The third-order valence-corrected chi connectivity index (χ3v) is 5.30. The van der Waals surface area contributed by atoms with Crippen LogP contribution in [0.5, 0.6) is 0 Å². The largest absolute Gasteiger partial charge is 0.461 e. The van der Waals surface area contributed by atoms with Crippen LogP contribution in [0.4, 0.5) is 5.82 Å². The molecule has 0 saturated carbocycles. The number of aryl methyl sites for hydroxylation is 3. The van der Waals surface area contributed by atoms with Crippen LogP contribution in [0.3, 0.4) is 0 Å². The molecule has 7 heteroatoms. The number of rotatable bonds is 4. The van der Waals surface area contributed by atoms with Gasteiger partial charge >= 0.3 is 5.97 Å².